The third kappa shape index (κ3) is 6.32. The molecule has 1 N–H and O–H groups in total. The van der Waals surface area contributed by atoms with Crippen LogP contribution in [0.5, 0.6) is 0 Å². The van der Waals surface area contributed by atoms with Crippen molar-refractivity contribution in [2.45, 2.75) is 32.4 Å². The first-order valence-electron chi connectivity index (χ1n) is 14.0. The van der Waals surface area contributed by atoms with Crippen LogP contribution in [0, 0.1) is 11.8 Å². The highest BCUT2D eigenvalue weighted by Crippen LogP contribution is 2.37. The molecule has 6 rings (SSSR count). The van der Waals surface area contributed by atoms with E-state index in [9.17, 15) is 0 Å². The monoisotopic (exact) mass is 578 g/mol. The molecule has 198 valence electrons. The second-order valence-corrected chi connectivity index (χ2v) is 11.6. The highest BCUT2D eigenvalue weighted by Gasteiger charge is 2.29. The number of nitrogens with one attached hydrogen (secondary N) is 1. The molecule has 1 aliphatic carbocycles. The number of halogens is 1. The lowest BCUT2D eigenvalue weighted by molar-refractivity contribution is 0.185. The van der Waals surface area contributed by atoms with E-state index in [-0.39, 0.29) is 5.92 Å². The van der Waals surface area contributed by atoms with Gasteiger partial charge in [-0.2, -0.15) is 0 Å². The largest absolute Gasteiger partial charge is 0.384 e. The Bertz CT molecular complexity index is 1390. The summed E-state index contributed by atoms with van der Waals surface area (Å²) >= 11 is 3.80. The molecule has 3 aromatic rings. The summed E-state index contributed by atoms with van der Waals surface area (Å²) in [5, 5.41) is 3.77. The van der Waals surface area contributed by atoms with E-state index in [1.807, 2.05) is 24.7 Å². The number of aliphatic imine (C=N–C) groups is 1. The standard InChI is InChI=1S/C34H35BrN4/c35-33-22-37-21-32-31(33)15-14-29(18-34(32)38-20-26-6-4-16-36-19-26)30-9-5-17-39(24-30)23-25-10-12-28(13-11-25)27-7-2-1-3-8-27/h1-4,6-8,10-14,16,18-19,22,30,32,38H,5,9,15,17,20-21,23-24H2. The molecule has 5 heteroatoms. The minimum absolute atomic E-state index is 0.289. The molecule has 2 atom stereocenters. The predicted octanol–water partition coefficient (Wildman–Crippen LogP) is 7.31. The van der Waals surface area contributed by atoms with Gasteiger partial charge in [0.15, 0.2) is 0 Å². The molecule has 1 aromatic heterocycles. The van der Waals surface area contributed by atoms with Crippen LogP contribution in [0.3, 0.4) is 0 Å². The maximum absolute atomic E-state index is 4.66. The Labute approximate surface area is 240 Å². The molecule has 4 nitrogen and oxygen atoms in total. The Morgan fingerprint density at radius 1 is 0.949 bits per heavy atom. The lowest BCUT2D eigenvalue weighted by atomic mass is 9.89. The Morgan fingerprint density at radius 2 is 1.79 bits per heavy atom. The molecule has 3 heterocycles. The number of fused-ring (bicyclic) bond motifs is 1. The molecule has 0 bridgehead atoms. The van der Waals surface area contributed by atoms with E-state index in [2.05, 4.69) is 109 Å². The minimum atomic E-state index is 0.289. The molecule has 2 aliphatic heterocycles. The van der Waals surface area contributed by atoms with Crippen molar-refractivity contribution < 1.29 is 0 Å². The molecule has 39 heavy (non-hydrogen) atoms. The summed E-state index contributed by atoms with van der Waals surface area (Å²) in [5.41, 5.74) is 9.30. The first-order chi connectivity index (χ1) is 19.2. The number of hydrogen-bond donors (Lipinski definition) is 1. The second kappa shape index (κ2) is 12.3. The zero-order chi connectivity index (χ0) is 26.4. The van der Waals surface area contributed by atoms with Gasteiger partial charge in [0.2, 0.25) is 0 Å². The molecular weight excluding hydrogens is 544 g/mol. The number of allylic oxidation sites excluding steroid dienone is 3. The van der Waals surface area contributed by atoms with Crippen molar-refractivity contribution >= 4 is 22.1 Å². The SMILES string of the molecule is BrC1=C2CC=C(C3CCCN(Cc4ccc(-c5ccccc5)cc4)C3)C=C(NCc3cccnc3)C2CN=C1. The van der Waals surface area contributed by atoms with Gasteiger partial charge in [-0.25, -0.2) is 0 Å². The molecule has 3 aliphatic rings. The fourth-order valence-electron chi connectivity index (χ4n) is 6.02. The number of dihydropyridines is 1. The van der Waals surface area contributed by atoms with Crippen LogP contribution >= 0.6 is 15.9 Å². The number of piperidine rings is 1. The predicted molar refractivity (Wildman–Crippen MR) is 165 cm³/mol. The fourth-order valence-corrected chi connectivity index (χ4v) is 6.60. The Kier molecular flexibility index (Phi) is 8.17. The molecule has 0 spiro atoms. The molecular formula is C34H35BrN4. The van der Waals surface area contributed by atoms with Crippen LogP contribution in [-0.2, 0) is 13.1 Å². The molecule has 0 amide bonds. The van der Waals surface area contributed by atoms with E-state index in [4.69, 9.17) is 0 Å². The van der Waals surface area contributed by atoms with Crippen molar-refractivity contribution in [3.8, 4) is 11.1 Å². The number of likely N-dealkylation sites (tertiary alicyclic amines) is 1. The van der Waals surface area contributed by atoms with Gasteiger partial charge in [-0.1, -0.05) is 66.7 Å². The van der Waals surface area contributed by atoms with Crippen LogP contribution in [0.15, 0.2) is 118 Å². The van der Waals surface area contributed by atoms with Gasteiger partial charge in [-0.05, 0) is 93.2 Å². The lowest BCUT2D eigenvalue weighted by Crippen LogP contribution is -2.35. The first-order valence-corrected chi connectivity index (χ1v) is 14.8. The summed E-state index contributed by atoms with van der Waals surface area (Å²) in [6.45, 7) is 4.83. The van der Waals surface area contributed by atoms with Crippen molar-refractivity contribution in [3.63, 3.8) is 0 Å². The third-order valence-corrected chi connectivity index (χ3v) is 8.85. The Morgan fingerprint density at radius 3 is 2.62 bits per heavy atom. The average Bonchev–Trinajstić information content (AvgIpc) is 3.18. The zero-order valence-electron chi connectivity index (χ0n) is 22.3. The maximum Gasteiger partial charge on any atom is 0.0510 e. The van der Waals surface area contributed by atoms with Gasteiger partial charge in [0, 0.05) is 54.3 Å². The maximum atomic E-state index is 4.66. The fraction of sp³-hybridized carbons (Fsp3) is 0.294. The van der Waals surface area contributed by atoms with Crippen LogP contribution in [0.2, 0.25) is 0 Å². The number of pyridine rings is 1. The van der Waals surface area contributed by atoms with Crippen molar-refractivity contribution in [3.05, 3.63) is 124 Å². The smallest absolute Gasteiger partial charge is 0.0510 e. The number of hydrogen-bond acceptors (Lipinski definition) is 4. The molecule has 0 radical (unpaired) electrons. The summed E-state index contributed by atoms with van der Waals surface area (Å²) in [4.78, 5) is 11.6. The molecule has 1 fully saturated rings. The molecule has 0 saturated carbocycles. The minimum Gasteiger partial charge on any atom is -0.384 e. The summed E-state index contributed by atoms with van der Waals surface area (Å²) in [6.07, 6.45) is 14.1. The first kappa shape index (κ1) is 26.0. The van der Waals surface area contributed by atoms with Crippen LogP contribution in [-0.4, -0.2) is 35.7 Å². The van der Waals surface area contributed by atoms with E-state index in [1.54, 1.807) is 0 Å². The van der Waals surface area contributed by atoms with Gasteiger partial charge in [-0.3, -0.25) is 14.9 Å². The topological polar surface area (TPSA) is 40.5 Å². The Hall–Kier alpha value is -3.28. The van der Waals surface area contributed by atoms with Gasteiger partial charge < -0.3 is 5.32 Å². The summed E-state index contributed by atoms with van der Waals surface area (Å²) in [7, 11) is 0. The highest BCUT2D eigenvalue weighted by atomic mass is 79.9. The average molecular weight is 580 g/mol. The number of benzene rings is 2. The lowest BCUT2D eigenvalue weighted by Gasteiger charge is -2.33. The zero-order valence-corrected chi connectivity index (χ0v) is 23.9. The summed E-state index contributed by atoms with van der Waals surface area (Å²) < 4.78 is 1.13. The quantitative estimate of drug-likeness (QED) is 0.319. The van der Waals surface area contributed by atoms with Crippen molar-refractivity contribution in [1.29, 1.82) is 0 Å². The number of rotatable bonds is 7. The highest BCUT2D eigenvalue weighted by molar-refractivity contribution is 9.12. The Balaban J connectivity index is 1.17. The third-order valence-electron chi connectivity index (χ3n) is 8.14. The van der Waals surface area contributed by atoms with Crippen LogP contribution in [0.4, 0.5) is 0 Å². The van der Waals surface area contributed by atoms with Crippen molar-refractivity contribution in [2.75, 3.05) is 19.6 Å². The van der Waals surface area contributed by atoms with Gasteiger partial charge in [0.05, 0.1) is 6.54 Å². The van der Waals surface area contributed by atoms with E-state index in [0.717, 1.165) is 43.6 Å². The van der Waals surface area contributed by atoms with Gasteiger partial charge >= 0.3 is 0 Å². The summed E-state index contributed by atoms with van der Waals surface area (Å²) in [6, 6.07) is 23.9. The van der Waals surface area contributed by atoms with Gasteiger partial charge in [0.25, 0.3) is 0 Å². The molecule has 2 aromatic carbocycles. The molecule has 1 saturated heterocycles. The van der Waals surface area contributed by atoms with Crippen LogP contribution < -0.4 is 5.32 Å². The van der Waals surface area contributed by atoms with Crippen molar-refractivity contribution in [2.24, 2.45) is 16.8 Å². The normalized spacial score (nSPS) is 21.6. The van der Waals surface area contributed by atoms with Gasteiger partial charge in [0.1, 0.15) is 0 Å². The van der Waals surface area contributed by atoms with E-state index in [0.29, 0.717) is 5.92 Å². The number of nitrogens with zero attached hydrogens (tertiary/aromatic N) is 3. The van der Waals surface area contributed by atoms with Gasteiger partial charge in [-0.15, -0.1) is 0 Å². The second-order valence-electron chi connectivity index (χ2n) is 10.8. The molecule has 2 unspecified atom stereocenters. The van der Waals surface area contributed by atoms with E-state index < -0.39 is 0 Å². The van der Waals surface area contributed by atoms with E-state index >= 15 is 0 Å². The van der Waals surface area contributed by atoms with Crippen molar-refractivity contribution in [1.82, 2.24) is 15.2 Å². The number of aromatic nitrogens is 1. The van der Waals surface area contributed by atoms with Crippen LogP contribution in [0.25, 0.3) is 11.1 Å². The van der Waals surface area contributed by atoms with E-state index in [1.165, 1.54) is 51.9 Å². The van der Waals surface area contributed by atoms with Crippen LogP contribution in [0.1, 0.15) is 30.4 Å². The summed E-state index contributed by atoms with van der Waals surface area (Å²) in [5.74, 6) is 0.829.